The molecule has 0 heterocycles. The minimum Gasteiger partial charge on any atom is -0.380 e. The molecule has 0 aromatic carbocycles. The summed E-state index contributed by atoms with van der Waals surface area (Å²) in [4.78, 5) is 0. The highest BCUT2D eigenvalue weighted by molar-refractivity contribution is 6.20. The van der Waals surface area contributed by atoms with E-state index in [1.807, 2.05) is 6.92 Å². The van der Waals surface area contributed by atoms with Crippen LogP contribution in [0.4, 0.5) is 0 Å². The molecule has 0 N–H and O–H groups in total. The highest BCUT2D eigenvalue weighted by atomic mass is 35.5. The van der Waals surface area contributed by atoms with Gasteiger partial charge in [-0.1, -0.05) is 39.0 Å². The Kier molecular flexibility index (Phi) is 10.5. The van der Waals surface area contributed by atoms with Gasteiger partial charge in [0.05, 0.1) is 12.0 Å². The van der Waals surface area contributed by atoms with Crippen molar-refractivity contribution in [2.24, 2.45) is 0 Å². The molecule has 0 rings (SSSR count). The monoisotopic (exact) mass is 205 g/mol. The number of hydrogen-bond acceptors (Lipinski definition) is 1. The lowest BCUT2D eigenvalue weighted by Crippen LogP contribution is -2.05. The van der Waals surface area contributed by atoms with Crippen LogP contribution in [0.3, 0.4) is 0 Å². The number of rotatable bonds is 9. The van der Waals surface area contributed by atoms with Gasteiger partial charge in [-0.15, -0.1) is 11.6 Å². The Morgan fingerprint density at radius 2 is 1.77 bits per heavy atom. The van der Waals surface area contributed by atoms with Crippen molar-refractivity contribution in [2.75, 3.05) is 13.2 Å². The average Bonchev–Trinajstić information content (AvgIpc) is 2.09. The van der Waals surface area contributed by atoms with E-state index in [0.717, 1.165) is 13.0 Å². The number of alkyl halides is 1. The van der Waals surface area contributed by atoms with Gasteiger partial charge in [0.2, 0.25) is 0 Å². The third kappa shape index (κ3) is 12.2. The second kappa shape index (κ2) is 10.3. The van der Waals surface area contributed by atoms with Crippen LogP contribution in [-0.4, -0.2) is 18.6 Å². The first-order valence-corrected chi connectivity index (χ1v) is 5.72. The molecular formula is C11H22ClO. The van der Waals surface area contributed by atoms with Crippen LogP contribution in [0, 0.1) is 6.92 Å². The fourth-order valence-electron chi connectivity index (χ4n) is 1.16. The Hall–Kier alpha value is 0.250. The summed E-state index contributed by atoms with van der Waals surface area (Å²) in [5.41, 5.74) is 0. The lowest BCUT2D eigenvalue weighted by molar-refractivity contribution is 0.132. The summed E-state index contributed by atoms with van der Waals surface area (Å²) in [6, 6.07) is 0. The van der Waals surface area contributed by atoms with Gasteiger partial charge in [-0.3, -0.25) is 0 Å². The molecule has 1 atom stereocenters. The van der Waals surface area contributed by atoms with Gasteiger partial charge in [-0.05, 0) is 13.3 Å². The molecule has 0 aromatic heterocycles. The van der Waals surface area contributed by atoms with E-state index in [0.29, 0.717) is 6.61 Å². The van der Waals surface area contributed by atoms with Gasteiger partial charge >= 0.3 is 0 Å². The van der Waals surface area contributed by atoms with Crippen molar-refractivity contribution in [1.82, 2.24) is 0 Å². The van der Waals surface area contributed by atoms with E-state index in [9.17, 15) is 0 Å². The van der Waals surface area contributed by atoms with E-state index in [4.69, 9.17) is 16.3 Å². The van der Waals surface area contributed by atoms with Crippen molar-refractivity contribution in [1.29, 1.82) is 0 Å². The van der Waals surface area contributed by atoms with E-state index in [-0.39, 0.29) is 5.38 Å². The van der Waals surface area contributed by atoms with Crippen LogP contribution >= 0.6 is 11.6 Å². The van der Waals surface area contributed by atoms with Gasteiger partial charge < -0.3 is 4.74 Å². The van der Waals surface area contributed by atoms with Gasteiger partial charge in [0.25, 0.3) is 0 Å². The average molecular weight is 206 g/mol. The van der Waals surface area contributed by atoms with Gasteiger partial charge in [0, 0.05) is 6.61 Å². The molecule has 0 aliphatic carbocycles. The quantitative estimate of drug-likeness (QED) is 0.411. The standard InChI is InChI=1S/C11H22ClO/c1-3-4-5-6-7-8-9-13-10-11(2)12/h11H,1,3-10H2,2H3. The molecule has 0 aliphatic heterocycles. The molecule has 79 valence electrons. The summed E-state index contributed by atoms with van der Waals surface area (Å²) in [5, 5.41) is 0.145. The molecule has 0 saturated carbocycles. The highest BCUT2D eigenvalue weighted by Gasteiger charge is 1.95. The first-order valence-electron chi connectivity index (χ1n) is 5.28. The molecule has 0 fully saturated rings. The van der Waals surface area contributed by atoms with Crippen LogP contribution in [0.15, 0.2) is 0 Å². The zero-order chi connectivity index (χ0) is 9.94. The second-order valence-corrected chi connectivity index (χ2v) is 4.22. The van der Waals surface area contributed by atoms with Crippen molar-refractivity contribution in [3.05, 3.63) is 6.92 Å². The first-order chi connectivity index (χ1) is 6.27. The maximum absolute atomic E-state index is 5.73. The predicted octanol–water partition coefficient (Wildman–Crippen LogP) is 3.80. The molecular weight excluding hydrogens is 184 g/mol. The molecule has 0 aromatic rings. The Balaban J connectivity index is 2.84. The van der Waals surface area contributed by atoms with E-state index < -0.39 is 0 Å². The van der Waals surface area contributed by atoms with Crippen LogP contribution in [0.5, 0.6) is 0 Å². The van der Waals surface area contributed by atoms with Gasteiger partial charge in [0.1, 0.15) is 0 Å². The number of unbranched alkanes of at least 4 members (excludes halogenated alkanes) is 5. The molecule has 0 amide bonds. The molecule has 0 saturated heterocycles. The lowest BCUT2D eigenvalue weighted by atomic mass is 10.1. The summed E-state index contributed by atoms with van der Waals surface area (Å²) in [5.74, 6) is 0. The van der Waals surface area contributed by atoms with E-state index in [2.05, 4.69) is 6.92 Å². The summed E-state index contributed by atoms with van der Waals surface area (Å²) in [6.45, 7) is 7.31. The topological polar surface area (TPSA) is 9.23 Å². The molecule has 1 radical (unpaired) electrons. The van der Waals surface area contributed by atoms with Crippen molar-refractivity contribution in [2.45, 2.75) is 50.8 Å². The largest absolute Gasteiger partial charge is 0.380 e. The Morgan fingerprint density at radius 1 is 1.15 bits per heavy atom. The maximum Gasteiger partial charge on any atom is 0.0627 e. The molecule has 2 heteroatoms. The molecule has 1 nitrogen and oxygen atoms in total. The van der Waals surface area contributed by atoms with Gasteiger partial charge in [0.15, 0.2) is 0 Å². The van der Waals surface area contributed by atoms with Gasteiger partial charge in [-0.2, -0.15) is 0 Å². The molecule has 13 heavy (non-hydrogen) atoms. The zero-order valence-electron chi connectivity index (χ0n) is 8.73. The highest BCUT2D eigenvalue weighted by Crippen LogP contribution is 2.05. The van der Waals surface area contributed by atoms with Crippen LogP contribution < -0.4 is 0 Å². The van der Waals surface area contributed by atoms with E-state index in [1.165, 1.54) is 32.1 Å². The number of hydrogen-bond donors (Lipinski definition) is 0. The van der Waals surface area contributed by atoms with Crippen LogP contribution in [-0.2, 0) is 4.74 Å². The molecule has 1 unspecified atom stereocenters. The fraction of sp³-hybridized carbons (Fsp3) is 0.909. The molecule has 0 aliphatic rings. The predicted molar refractivity (Wildman–Crippen MR) is 59.2 cm³/mol. The van der Waals surface area contributed by atoms with Crippen LogP contribution in [0.2, 0.25) is 0 Å². The molecule has 0 spiro atoms. The third-order valence-electron chi connectivity index (χ3n) is 1.89. The minimum absolute atomic E-state index is 0.145. The summed E-state index contributed by atoms with van der Waals surface area (Å²) in [7, 11) is 0. The minimum atomic E-state index is 0.145. The van der Waals surface area contributed by atoms with Crippen molar-refractivity contribution < 1.29 is 4.74 Å². The Labute approximate surface area is 87.8 Å². The summed E-state index contributed by atoms with van der Waals surface area (Å²) >= 11 is 5.73. The maximum atomic E-state index is 5.73. The van der Waals surface area contributed by atoms with Crippen LogP contribution in [0.25, 0.3) is 0 Å². The van der Waals surface area contributed by atoms with E-state index >= 15 is 0 Å². The zero-order valence-corrected chi connectivity index (χ0v) is 9.48. The smallest absolute Gasteiger partial charge is 0.0627 e. The number of ether oxygens (including phenoxy) is 1. The second-order valence-electron chi connectivity index (χ2n) is 3.48. The lowest BCUT2D eigenvalue weighted by Gasteiger charge is -2.04. The summed E-state index contributed by atoms with van der Waals surface area (Å²) in [6.07, 6.45) is 7.40. The summed E-state index contributed by atoms with van der Waals surface area (Å²) < 4.78 is 5.36. The normalized spacial score (nSPS) is 13.2. The van der Waals surface area contributed by atoms with Crippen molar-refractivity contribution in [3.63, 3.8) is 0 Å². The first kappa shape index (κ1) is 13.2. The van der Waals surface area contributed by atoms with Gasteiger partial charge in [-0.25, -0.2) is 0 Å². The fourth-order valence-corrected chi connectivity index (χ4v) is 1.25. The number of halogens is 1. The Bertz CT molecular complexity index is 94.1. The van der Waals surface area contributed by atoms with Crippen molar-refractivity contribution >= 4 is 11.6 Å². The molecule has 0 bridgehead atoms. The Morgan fingerprint density at radius 3 is 2.38 bits per heavy atom. The SMILES string of the molecule is [CH2]CCCCCCCOCC(C)Cl. The van der Waals surface area contributed by atoms with Crippen LogP contribution in [0.1, 0.15) is 45.4 Å². The van der Waals surface area contributed by atoms with Crippen molar-refractivity contribution in [3.8, 4) is 0 Å². The third-order valence-corrected chi connectivity index (χ3v) is 2.01. The van der Waals surface area contributed by atoms with E-state index in [1.54, 1.807) is 0 Å².